The van der Waals surface area contributed by atoms with Crippen molar-refractivity contribution in [2.75, 3.05) is 13.7 Å². The molecule has 3 fully saturated rings. The molecule has 3 saturated carbocycles. The molecule has 0 spiro atoms. The minimum absolute atomic E-state index is 0.409. The number of nitrogens with two attached hydrogens (primary N) is 1. The molecule has 0 saturated heterocycles. The van der Waals surface area contributed by atoms with Gasteiger partial charge in [-0.15, -0.1) is 0 Å². The fraction of sp³-hybridized carbons (Fsp3) is 0.538. The minimum atomic E-state index is 0.409. The van der Waals surface area contributed by atoms with Crippen LogP contribution in [-0.4, -0.2) is 13.7 Å². The van der Waals surface area contributed by atoms with Gasteiger partial charge in [-0.3, -0.25) is 0 Å². The van der Waals surface area contributed by atoms with E-state index in [1.165, 1.54) is 24.8 Å². The number of benzene rings is 1. The van der Waals surface area contributed by atoms with Crippen molar-refractivity contribution in [2.24, 2.45) is 11.1 Å². The predicted molar refractivity (Wildman–Crippen MR) is 60.0 cm³/mol. The summed E-state index contributed by atoms with van der Waals surface area (Å²) in [5.41, 5.74) is 8.07. The molecule has 1 aromatic rings. The third-order valence-electron chi connectivity index (χ3n) is 4.25. The van der Waals surface area contributed by atoms with Crippen molar-refractivity contribution < 1.29 is 4.74 Å². The fourth-order valence-corrected chi connectivity index (χ4v) is 3.58. The summed E-state index contributed by atoms with van der Waals surface area (Å²) < 4.78 is 5.43. The van der Waals surface area contributed by atoms with E-state index in [1.54, 1.807) is 7.11 Å². The van der Waals surface area contributed by atoms with Gasteiger partial charge in [0.2, 0.25) is 0 Å². The quantitative estimate of drug-likeness (QED) is 0.816. The predicted octanol–water partition coefficient (Wildman–Crippen LogP) is 2.08. The average molecular weight is 203 g/mol. The minimum Gasteiger partial charge on any atom is -0.496 e. The highest BCUT2D eigenvalue weighted by Crippen LogP contribution is 2.73. The van der Waals surface area contributed by atoms with Crippen molar-refractivity contribution in [3.63, 3.8) is 0 Å². The highest BCUT2D eigenvalue weighted by molar-refractivity contribution is 5.47. The van der Waals surface area contributed by atoms with E-state index in [0.717, 1.165) is 12.3 Å². The summed E-state index contributed by atoms with van der Waals surface area (Å²) in [4.78, 5) is 0. The molecule has 2 nitrogen and oxygen atoms in total. The van der Waals surface area contributed by atoms with Gasteiger partial charge in [-0.05, 0) is 37.3 Å². The van der Waals surface area contributed by atoms with Crippen molar-refractivity contribution in [1.82, 2.24) is 0 Å². The van der Waals surface area contributed by atoms with Gasteiger partial charge in [0, 0.05) is 11.0 Å². The second-order valence-electron chi connectivity index (χ2n) is 5.22. The van der Waals surface area contributed by atoms with Gasteiger partial charge in [0.15, 0.2) is 0 Å². The van der Waals surface area contributed by atoms with Crippen LogP contribution in [0.15, 0.2) is 24.3 Å². The van der Waals surface area contributed by atoms with E-state index >= 15 is 0 Å². The van der Waals surface area contributed by atoms with E-state index in [0.29, 0.717) is 10.8 Å². The standard InChI is InChI=1S/C13H17NO/c1-15-11-5-3-2-4-10(11)13-6-12(7-13,8-13)9-14/h2-5H,6-9,14H2,1H3. The largest absolute Gasteiger partial charge is 0.496 e. The summed E-state index contributed by atoms with van der Waals surface area (Å²) in [5, 5.41) is 0. The molecule has 2 heteroatoms. The molecule has 0 heterocycles. The zero-order valence-electron chi connectivity index (χ0n) is 9.12. The Morgan fingerprint density at radius 1 is 1.27 bits per heavy atom. The van der Waals surface area contributed by atoms with Crippen LogP contribution in [-0.2, 0) is 5.41 Å². The third kappa shape index (κ3) is 1.03. The van der Waals surface area contributed by atoms with Crippen LogP contribution in [0, 0.1) is 5.41 Å². The number of methoxy groups -OCH3 is 1. The molecule has 2 N–H and O–H groups in total. The van der Waals surface area contributed by atoms with Crippen molar-refractivity contribution in [2.45, 2.75) is 24.7 Å². The lowest BCUT2D eigenvalue weighted by molar-refractivity contribution is -0.133. The van der Waals surface area contributed by atoms with Gasteiger partial charge >= 0.3 is 0 Å². The van der Waals surface area contributed by atoms with Crippen molar-refractivity contribution in [3.8, 4) is 5.75 Å². The van der Waals surface area contributed by atoms with Crippen LogP contribution < -0.4 is 10.5 Å². The van der Waals surface area contributed by atoms with E-state index in [2.05, 4.69) is 18.2 Å². The number of hydrogen-bond acceptors (Lipinski definition) is 2. The summed E-state index contributed by atoms with van der Waals surface area (Å²) in [5.74, 6) is 1.04. The van der Waals surface area contributed by atoms with Crippen LogP contribution in [0.25, 0.3) is 0 Å². The summed E-state index contributed by atoms with van der Waals surface area (Å²) in [6, 6.07) is 8.41. The number of ether oxygens (including phenoxy) is 1. The summed E-state index contributed by atoms with van der Waals surface area (Å²) in [6.45, 7) is 0.851. The average Bonchev–Trinajstić information content (AvgIpc) is 2.15. The zero-order valence-corrected chi connectivity index (χ0v) is 9.12. The SMILES string of the molecule is COc1ccccc1C12CC(CN)(C1)C2. The lowest BCUT2D eigenvalue weighted by Crippen LogP contribution is -2.67. The first-order valence-corrected chi connectivity index (χ1v) is 5.57. The van der Waals surface area contributed by atoms with E-state index in [1.807, 2.05) is 6.07 Å². The highest BCUT2D eigenvalue weighted by Gasteiger charge is 2.67. The van der Waals surface area contributed by atoms with E-state index < -0.39 is 0 Å². The molecule has 0 atom stereocenters. The lowest BCUT2D eigenvalue weighted by Gasteiger charge is -2.71. The Labute approximate surface area is 90.4 Å². The van der Waals surface area contributed by atoms with Crippen LogP contribution in [0.1, 0.15) is 24.8 Å². The Bertz CT molecular complexity index is 380. The van der Waals surface area contributed by atoms with Crippen molar-refractivity contribution >= 4 is 0 Å². The van der Waals surface area contributed by atoms with Crippen molar-refractivity contribution in [3.05, 3.63) is 29.8 Å². The first kappa shape index (κ1) is 9.22. The zero-order chi connectivity index (χ0) is 10.5. The first-order chi connectivity index (χ1) is 7.24. The Morgan fingerprint density at radius 2 is 1.93 bits per heavy atom. The molecule has 1 aromatic carbocycles. The molecule has 0 radical (unpaired) electrons. The summed E-state index contributed by atoms with van der Waals surface area (Å²) in [7, 11) is 1.75. The van der Waals surface area contributed by atoms with Gasteiger partial charge in [-0.25, -0.2) is 0 Å². The molecule has 0 amide bonds. The summed E-state index contributed by atoms with van der Waals surface area (Å²) in [6.07, 6.45) is 3.78. The van der Waals surface area contributed by atoms with Crippen LogP contribution in [0.3, 0.4) is 0 Å². The Balaban J connectivity index is 1.90. The number of para-hydroxylation sites is 1. The molecule has 0 unspecified atom stereocenters. The molecule has 0 aliphatic heterocycles. The molecule has 80 valence electrons. The summed E-state index contributed by atoms with van der Waals surface area (Å²) >= 11 is 0. The van der Waals surface area contributed by atoms with Crippen LogP contribution >= 0.6 is 0 Å². The Morgan fingerprint density at radius 3 is 2.53 bits per heavy atom. The monoisotopic (exact) mass is 203 g/mol. The van der Waals surface area contributed by atoms with Gasteiger partial charge in [-0.1, -0.05) is 18.2 Å². The molecule has 3 aliphatic carbocycles. The Kier molecular flexibility index (Phi) is 1.70. The topological polar surface area (TPSA) is 35.2 Å². The van der Waals surface area contributed by atoms with E-state index in [9.17, 15) is 0 Å². The highest BCUT2D eigenvalue weighted by atomic mass is 16.5. The third-order valence-corrected chi connectivity index (χ3v) is 4.25. The molecule has 2 bridgehead atoms. The van der Waals surface area contributed by atoms with Gasteiger partial charge < -0.3 is 10.5 Å². The maximum absolute atomic E-state index is 5.78. The second kappa shape index (κ2) is 2.76. The van der Waals surface area contributed by atoms with Gasteiger partial charge in [-0.2, -0.15) is 0 Å². The normalized spacial score (nSPS) is 36.7. The maximum atomic E-state index is 5.78. The van der Waals surface area contributed by atoms with E-state index in [4.69, 9.17) is 10.5 Å². The number of hydrogen-bond donors (Lipinski definition) is 1. The van der Waals surface area contributed by atoms with Gasteiger partial charge in [0.05, 0.1) is 7.11 Å². The van der Waals surface area contributed by atoms with Gasteiger partial charge in [0.25, 0.3) is 0 Å². The number of rotatable bonds is 3. The molecule has 15 heavy (non-hydrogen) atoms. The van der Waals surface area contributed by atoms with E-state index in [-0.39, 0.29) is 0 Å². The molecular formula is C13H17NO. The Hall–Kier alpha value is -1.02. The van der Waals surface area contributed by atoms with Crippen molar-refractivity contribution in [1.29, 1.82) is 0 Å². The molecule has 4 rings (SSSR count). The maximum Gasteiger partial charge on any atom is 0.122 e. The fourth-order valence-electron chi connectivity index (χ4n) is 3.58. The van der Waals surface area contributed by atoms with Crippen LogP contribution in [0.5, 0.6) is 5.75 Å². The molecular weight excluding hydrogens is 186 g/mol. The smallest absolute Gasteiger partial charge is 0.122 e. The van der Waals surface area contributed by atoms with Crippen LogP contribution in [0.2, 0.25) is 0 Å². The first-order valence-electron chi connectivity index (χ1n) is 5.57. The van der Waals surface area contributed by atoms with Crippen LogP contribution in [0.4, 0.5) is 0 Å². The molecule has 3 aliphatic rings. The van der Waals surface area contributed by atoms with Gasteiger partial charge in [0.1, 0.15) is 5.75 Å². The molecule has 0 aromatic heterocycles. The lowest BCUT2D eigenvalue weighted by atomic mass is 9.33. The second-order valence-corrected chi connectivity index (χ2v) is 5.22.